The van der Waals surface area contributed by atoms with Gasteiger partial charge in [-0.2, -0.15) is 5.10 Å². The molecule has 0 aliphatic rings. The Morgan fingerprint density at radius 2 is 2.00 bits per heavy atom. The summed E-state index contributed by atoms with van der Waals surface area (Å²) in [4.78, 5) is 11.9. The summed E-state index contributed by atoms with van der Waals surface area (Å²) in [7, 11) is 0. The van der Waals surface area contributed by atoms with Gasteiger partial charge in [-0.15, -0.1) is 0 Å². The van der Waals surface area contributed by atoms with Gasteiger partial charge in [0.25, 0.3) is 0 Å². The fourth-order valence-corrected chi connectivity index (χ4v) is 2.38. The molecule has 0 saturated carbocycles. The van der Waals surface area contributed by atoms with Crippen molar-refractivity contribution < 1.29 is 4.79 Å². The van der Waals surface area contributed by atoms with Crippen LogP contribution in [0.2, 0.25) is 0 Å². The second kappa shape index (κ2) is 7.42. The number of aryl methyl sites for hydroxylation is 1. The van der Waals surface area contributed by atoms with E-state index >= 15 is 0 Å². The van der Waals surface area contributed by atoms with E-state index in [4.69, 9.17) is 0 Å². The zero-order valence-corrected chi connectivity index (χ0v) is 13.5. The van der Waals surface area contributed by atoms with Gasteiger partial charge in [0.2, 0.25) is 5.91 Å². The van der Waals surface area contributed by atoms with Crippen molar-refractivity contribution >= 4 is 12.0 Å². The van der Waals surface area contributed by atoms with Gasteiger partial charge in [-0.3, -0.25) is 4.79 Å². The first-order valence-corrected chi connectivity index (χ1v) is 7.82. The highest BCUT2D eigenvalue weighted by Gasteiger charge is 1.99. The maximum atomic E-state index is 11.9. The molecule has 0 saturated heterocycles. The molecule has 3 rings (SSSR count). The number of aromatic nitrogens is 2. The molecule has 1 amide bonds. The minimum absolute atomic E-state index is 0.104. The summed E-state index contributed by atoms with van der Waals surface area (Å²) in [6.07, 6.45) is 7.03. The molecular weight excluding hydrogens is 298 g/mol. The molecule has 0 unspecified atom stereocenters. The SMILES string of the molecule is Cc1cccc(/C=C/C(=O)NCc2ccc(-n3cccn3)cc2)c1. The van der Waals surface area contributed by atoms with Gasteiger partial charge in [0.15, 0.2) is 0 Å². The molecule has 4 heteroatoms. The van der Waals surface area contributed by atoms with E-state index in [1.807, 2.05) is 73.8 Å². The van der Waals surface area contributed by atoms with Crippen molar-refractivity contribution in [2.24, 2.45) is 0 Å². The first-order valence-electron chi connectivity index (χ1n) is 7.82. The summed E-state index contributed by atoms with van der Waals surface area (Å²) in [6.45, 7) is 2.53. The Bertz CT molecular complexity index is 834. The Morgan fingerprint density at radius 1 is 1.17 bits per heavy atom. The van der Waals surface area contributed by atoms with Crippen LogP contribution in [0, 0.1) is 6.92 Å². The van der Waals surface area contributed by atoms with Gasteiger partial charge in [-0.1, -0.05) is 42.0 Å². The Morgan fingerprint density at radius 3 is 2.71 bits per heavy atom. The predicted octanol–water partition coefficient (Wildman–Crippen LogP) is 3.51. The van der Waals surface area contributed by atoms with Gasteiger partial charge >= 0.3 is 0 Å². The number of nitrogens with one attached hydrogen (secondary N) is 1. The van der Waals surface area contributed by atoms with Gasteiger partial charge in [0.1, 0.15) is 0 Å². The zero-order chi connectivity index (χ0) is 16.8. The number of carbonyl (C=O) groups excluding carboxylic acids is 1. The van der Waals surface area contributed by atoms with Crippen LogP contribution in [0.1, 0.15) is 16.7 Å². The predicted molar refractivity (Wildman–Crippen MR) is 95.6 cm³/mol. The highest BCUT2D eigenvalue weighted by Crippen LogP contribution is 2.09. The van der Waals surface area contributed by atoms with Crippen molar-refractivity contribution in [1.29, 1.82) is 0 Å². The van der Waals surface area contributed by atoms with E-state index in [-0.39, 0.29) is 5.91 Å². The molecule has 2 aromatic carbocycles. The van der Waals surface area contributed by atoms with Crippen LogP contribution < -0.4 is 5.32 Å². The Kier molecular flexibility index (Phi) is 4.87. The number of hydrogen-bond acceptors (Lipinski definition) is 2. The summed E-state index contributed by atoms with van der Waals surface area (Å²) >= 11 is 0. The molecule has 1 heterocycles. The van der Waals surface area contributed by atoms with E-state index in [9.17, 15) is 4.79 Å². The highest BCUT2D eigenvalue weighted by atomic mass is 16.1. The van der Waals surface area contributed by atoms with Crippen molar-refractivity contribution in [3.63, 3.8) is 0 Å². The summed E-state index contributed by atoms with van der Waals surface area (Å²) in [5, 5.41) is 7.08. The van der Waals surface area contributed by atoms with Gasteiger partial charge in [-0.25, -0.2) is 4.68 Å². The minimum Gasteiger partial charge on any atom is -0.348 e. The molecule has 0 spiro atoms. The third kappa shape index (κ3) is 4.20. The lowest BCUT2D eigenvalue weighted by Gasteiger charge is -2.05. The lowest BCUT2D eigenvalue weighted by molar-refractivity contribution is -0.116. The smallest absolute Gasteiger partial charge is 0.244 e. The van der Waals surface area contributed by atoms with Gasteiger partial charge in [0, 0.05) is 25.0 Å². The summed E-state index contributed by atoms with van der Waals surface area (Å²) < 4.78 is 1.80. The zero-order valence-electron chi connectivity index (χ0n) is 13.5. The molecule has 120 valence electrons. The van der Waals surface area contributed by atoms with Crippen molar-refractivity contribution in [3.05, 3.63) is 89.8 Å². The number of hydrogen-bond donors (Lipinski definition) is 1. The highest BCUT2D eigenvalue weighted by molar-refractivity contribution is 5.91. The van der Waals surface area contributed by atoms with E-state index in [2.05, 4.69) is 10.4 Å². The van der Waals surface area contributed by atoms with Crippen LogP contribution in [0.15, 0.2) is 73.1 Å². The van der Waals surface area contributed by atoms with Crippen LogP contribution in [-0.4, -0.2) is 15.7 Å². The van der Waals surface area contributed by atoms with E-state index in [1.54, 1.807) is 17.0 Å². The molecule has 0 fully saturated rings. The number of benzene rings is 2. The third-order valence-electron chi connectivity index (χ3n) is 3.64. The van der Waals surface area contributed by atoms with Crippen molar-refractivity contribution in [2.75, 3.05) is 0 Å². The first kappa shape index (κ1) is 15.7. The lowest BCUT2D eigenvalue weighted by Crippen LogP contribution is -2.20. The topological polar surface area (TPSA) is 46.9 Å². The second-order valence-corrected chi connectivity index (χ2v) is 5.58. The van der Waals surface area contributed by atoms with Gasteiger partial charge < -0.3 is 5.32 Å². The minimum atomic E-state index is -0.104. The normalized spacial score (nSPS) is 10.9. The summed E-state index contributed by atoms with van der Waals surface area (Å²) in [5.41, 5.74) is 4.24. The fraction of sp³-hybridized carbons (Fsp3) is 0.100. The number of carbonyl (C=O) groups is 1. The summed E-state index contributed by atoms with van der Waals surface area (Å²) in [6, 6.07) is 17.9. The molecule has 3 aromatic rings. The van der Waals surface area contributed by atoms with Crippen molar-refractivity contribution in [1.82, 2.24) is 15.1 Å². The second-order valence-electron chi connectivity index (χ2n) is 5.58. The monoisotopic (exact) mass is 317 g/mol. The van der Waals surface area contributed by atoms with Crippen LogP contribution in [0.4, 0.5) is 0 Å². The number of rotatable bonds is 5. The Labute approximate surface area is 141 Å². The Balaban J connectivity index is 1.54. The summed E-state index contributed by atoms with van der Waals surface area (Å²) in [5.74, 6) is -0.104. The molecule has 24 heavy (non-hydrogen) atoms. The molecule has 0 aliphatic heterocycles. The van der Waals surface area contributed by atoms with Crippen molar-refractivity contribution in [3.8, 4) is 5.69 Å². The van der Waals surface area contributed by atoms with E-state index in [0.717, 1.165) is 16.8 Å². The van der Waals surface area contributed by atoms with Crippen LogP contribution in [-0.2, 0) is 11.3 Å². The van der Waals surface area contributed by atoms with E-state index in [0.29, 0.717) is 6.54 Å². The number of nitrogens with zero attached hydrogens (tertiary/aromatic N) is 2. The van der Waals surface area contributed by atoms with E-state index in [1.165, 1.54) is 5.56 Å². The van der Waals surface area contributed by atoms with Crippen LogP contribution >= 0.6 is 0 Å². The molecule has 1 aromatic heterocycles. The van der Waals surface area contributed by atoms with Gasteiger partial charge in [0.05, 0.1) is 5.69 Å². The molecule has 0 aliphatic carbocycles. The largest absolute Gasteiger partial charge is 0.348 e. The standard InChI is InChI=1S/C20H19N3O/c1-16-4-2-5-17(14-16)8-11-20(24)21-15-18-6-9-19(10-7-18)23-13-3-12-22-23/h2-14H,15H2,1H3,(H,21,24)/b11-8+. The molecule has 0 radical (unpaired) electrons. The first-order chi connectivity index (χ1) is 11.7. The van der Waals surface area contributed by atoms with Crippen LogP contribution in [0.5, 0.6) is 0 Å². The lowest BCUT2D eigenvalue weighted by atomic mass is 10.1. The van der Waals surface area contributed by atoms with Crippen LogP contribution in [0.25, 0.3) is 11.8 Å². The quantitative estimate of drug-likeness (QED) is 0.732. The number of amides is 1. The maximum Gasteiger partial charge on any atom is 0.244 e. The molecule has 1 N–H and O–H groups in total. The average Bonchev–Trinajstić information content (AvgIpc) is 3.13. The average molecular weight is 317 g/mol. The molecule has 4 nitrogen and oxygen atoms in total. The molecular formula is C20H19N3O. The van der Waals surface area contributed by atoms with E-state index < -0.39 is 0 Å². The third-order valence-corrected chi connectivity index (χ3v) is 3.64. The van der Waals surface area contributed by atoms with Gasteiger partial charge in [-0.05, 0) is 42.3 Å². The fourth-order valence-electron chi connectivity index (χ4n) is 2.38. The maximum absolute atomic E-state index is 11.9. The van der Waals surface area contributed by atoms with Crippen molar-refractivity contribution in [2.45, 2.75) is 13.5 Å². The molecule has 0 atom stereocenters. The molecule has 0 bridgehead atoms. The Hall–Kier alpha value is -3.14. The van der Waals surface area contributed by atoms with Crippen LogP contribution in [0.3, 0.4) is 0 Å².